The van der Waals surface area contributed by atoms with Gasteiger partial charge < -0.3 is 15.5 Å². The summed E-state index contributed by atoms with van der Waals surface area (Å²) in [5, 5.41) is 4.13. The molecule has 0 saturated carbocycles. The lowest BCUT2D eigenvalue weighted by atomic mass is 10.1. The molecule has 0 radical (unpaired) electrons. The number of nitrogens with two attached hydrogens (primary N) is 1. The third kappa shape index (κ3) is 2.54. The highest BCUT2D eigenvalue weighted by Crippen LogP contribution is 2.14. The molecule has 1 aromatic rings. The van der Waals surface area contributed by atoms with Crippen molar-refractivity contribution in [1.29, 1.82) is 0 Å². The maximum atomic E-state index is 12.5. The topological polar surface area (TPSA) is 67.4 Å². The van der Waals surface area contributed by atoms with E-state index in [2.05, 4.69) is 17.0 Å². The van der Waals surface area contributed by atoms with Crippen molar-refractivity contribution in [3.63, 3.8) is 0 Å². The lowest BCUT2D eigenvalue weighted by Gasteiger charge is -2.40. The van der Waals surface area contributed by atoms with Gasteiger partial charge in [-0.1, -0.05) is 0 Å². The van der Waals surface area contributed by atoms with E-state index in [4.69, 9.17) is 5.73 Å². The molecule has 1 fully saturated rings. The van der Waals surface area contributed by atoms with Crippen LogP contribution in [0, 0.1) is 0 Å². The predicted molar refractivity (Wildman–Crippen MR) is 69.0 cm³/mol. The molecule has 0 aromatic carbocycles. The van der Waals surface area contributed by atoms with Crippen molar-refractivity contribution < 1.29 is 4.79 Å². The molecule has 1 aliphatic heterocycles. The van der Waals surface area contributed by atoms with E-state index in [1.165, 1.54) is 0 Å². The number of aromatic nitrogens is 2. The molecule has 2 heterocycles. The zero-order chi connectivity index (χ0) is 13.1. The first kappa shape index (κ1) is 13.0. The molecule has 1 saturated heterocycles. The Morgan fingerprint density at radius 2 is 2.33 bits per heavy atom. The fourth-order valence-electron chi connectivity index (χ4n) is 2.37. The normalized spacial score (nSPS) is 23.1. The number of amides is 1. The fraction of sp³-hybridized carbons (Fsp3) is 0.667. The molecule has 1 aliphatic rings. The third-order valence-electron chi connectivity index (χ3n) is 3.52. The molecule has 0 spiro atoms. The number of carbonyl (C=O) groups excluding carboxylic acids is 1. The van der Waals surface area contributed by atoms with Gasteiger partial charge in [0.2, 0.25) is 5.91 Å². The van der Waals surface area contributed by atoms with E-state index in [0.29, 0.717) is 6.54 Å². The first-order chi connectivity index (χ1) is 8.63. The highest BCUT2D eigenvalue weighted by Gasteiger charge is 2.31. The minimum atomic E-state index is -0.266. The SMILES string of the molecule is CC(C(=O)N1CCN(C)CC1CN)n1cccn1. The molecular formula is C12H21N5O. The molecule has 6 nitrogen and oxygen atoms in total. The van der Waals surface area contributed by atoms with Crippen molar-refractivity contribution in [2.45, 2.75) is 19.0 Å². The van der Waals surface area contributed by atoms with E-state index in [-0.39, 0.29) is 18.0 Å². The molecule has 1 aromatic heterocycles. The van der Waals surface area contributed by atoms with Crippen molar-refractivity contribution in [1.82, 2.24) is 19.6 Å². The smallest absolute Gasteiger partial charge is 0.247 e. The second-order valence-corrected chi connectivity index (χ2v) is 4.85. The minimum absolute atomic E-state index is 0.0993. The van der Waals surface area contributed by atoms with Crippen LogP contribution in [0.25, 0.3) is 0 Å². The summed E-state index contributed by atoms with van der Waals surface area (Å²) in [7, 11) is 2.06. The van der Waals surface area contributed by atoms with Gasteiger partial charge in [0, 0.05) is 38.6 Å². The van der Waals surface area contributed by atoms with Gasteiger partial charge in [-0.2, -0.15) is 5.10 Å². The number of likely N-dealkylation sites (N-methyl/N-ethyl adjacent to an activating group) is 1. The summed E-state index contributed by atoms with van der Waals surface area (Å²) >= 11 is 0. The van der Waals surface area contributed by atoms with E-state index in [0.717, 1.165) is 19.6 Å². The van der Waals surface area contributed by atoms with E-state index >= 15 is 0 Å². The first-order valence-corrected chi connectivity index (χ1v) is 6.31. The Morgan fingerprint density at radius 3 is 2.94 bits per heavy atom. The standard InChI is InChI=1S/C12H21N5O/c1-10(17-5-3-4-14-17)12(18)16-7-6-15(2)9-11(16)8-13/h3-5,10-11H,6-9,13H2,1-2H3. The third-order valence-corrected chi connectivity index (χ3v) is 3.52. The van der Waals surface area contributed by atoms with Crippen LogP contribution in [0.3, 0.4) is 0 Å². The highest BCUT2D eigenvalue weighted by molar-refractivity contribution is 5.80. The van der Waals surface area contributed by atoms with Crippen molar-refractivity contribution in [3.8, 4) is 0 Å². The van der Waals surface area contributed by atoms with Crippen molar-refractivity contribution in [3.05, 3.63) is 18.5 Å². The second-order valence-electron chi connectivity index (χ2n) is 4.85. The summed E-state index contributed by atoms with van der Waals surface area (Å²) in [4.78, 5) is 16.6. The maximum Gasteiger partial charge on any atom is 0.247 e. The molecule has 18 heavy (non-hydrogen) atoms. The Bertz CT molecular complexity index is 391. The summed E-state index contributed by atoms with van der Waals surface area (Å²) in [6.07, 6.45) is 3.50. The summed E-state index contributed by atoms with van der Waals surface area (Å²) in [6.45, 7) is 4.86. The molecule has 2 atom stereocenters. The zero-order valence-electron chi connectivity index (χ0n) is 11.0. The van der Waals surface area contributed by atoms with Gasteiger partial charge in [-0.25, -0.2) is 0 Å². The molecule has 0 aliphatic carbocycles. The lowest BCUT2D eigenvalue weighted by Crippen LogP contribution is -2.57. The number of hydrogen-bond donors (Lipinski definition) is 1. The van der Waals surface area contributed by atoms with E-state index in [9.17, 15) is 4.79 Å². The van der Waals surface area contributed by atoms with Gasteiger partial charge in [-0.05, 0) is 20.0 Å². The van der Waals surface area contributed by atoms with Gasteiger partial charge >= 0.3 is 0 Å². The van der Waals surface area contributed by atoms with E-state index in [1.54, 1.807) is 10.9 Å². The molecule has 1 amide bonds. The number of carbonyl (C=O) groups is 1. The average molecular weight is 251 g/mol. The Morgan fingerprint density at radius 1 is 1.56 bits per heavy atom. The van der Waals surface area contributed by atoms with Gasteiger partial charge in [-0.3, -0.25) is 9.48 Å². The molecule has 2 N–H and O–H groups in total. The Balaban J connectivity index is 2.08. The Labute approximate surface area is 107 Å². The minimum Gasteiger partial charge on any atom is -0.334 e. The van der Waals surface area contributed by atoms with E-state index in [1.807, 2.05) is 24.1 Å². The van der Waals surface area contributed by atoms with Gasteiger partial charge in [-0.15, -0.1) is 0 Å². The van der Waals surface area contributed by atoms with E-state index < -0.39 is 0 Å². The number of hydrogen-bond acceptors (Lipinski definition) is 4. The van der Waals surface area contributed by atoms with Crippen LogP contribution in [0.1, 0.15) is 13.0 Å². The van der Waals surface area contributed by atoms with Crippen LogP contribution < -0.4 is 5.73 Å². The van der Waals surface area contributed by atoms with Gasteiger partial charge in [0.25, 0.3) is 0 Å². The molecule has 100 valence electrons. The van der Waals surface area contributed by atoms with Gasteiger partial charge in [0.05, 0.1) is 6.04 Å². The maximum absolute atomic E-state index is 12.5. The highest BCUT2D eigenvalue weighted by atomic mass is 16.2. The molecule has 0 bridgehead atoms. The molecule has 6 heteroatoms. The van der Waals surface area contributed by atoms with Crippen LogP contribution in [-0.2, 0) is 4.79 Å². The molecule has 2 unspecified atom stereocenters. The molecule has 2 rings (SSSR count). The zero-order valence-corrected chi connectivity index (χ0v) is 11.0. The number of nitrogens with zero attached hydrogens (tertiary/aromatic N) is 4. The van der Waals surface area contributed by atoms with Gasteiger partial charge in [0.15, 0.2) is 0 Å². The van der Waals surface area contributed by atoms with Crippen LogP contribution in [-0.4, -0.2) is 64.8 Å². The fourth-order valence-corrected chi connectivity index (χ4v) is 2.37. The lowest BCUT2D eigenvalue weighted by molar-refractivity contribution is -0.139. The van der Waals surface area contributed by atoms with Crippen LogP contribution in [0.4, 0.5) is 0 Å². The summed E-state index contributed by atoms with van der Waals surface area (Å²) in [5.41, 5.74) is 5.77. The first-order valence-electron chi connectivity index (χ1n) is 6.31. The monoisotopic (exact) mass is 251 g/mol. The molecular weight excluding hydrogens is 230 g/mol. The quantitative estimate of drug-likeness (QED) is 0.790. The Kier molecular flexibility index (Phi) is 3.98. The van der Waals surface area contributed by atoms with Crippen molar-refractivity contribution in [2.75, 3.05) is 33.2 Å². The van der Waals surface area contributed by atoms with Crippen molar-refractivity contribution in [2.24, 2.45) is 5.73 Å². The number of piperazine rings is 1. The average Bonchev–Trinajstić information content (AvgIpc) is 2.90. The van der Waals surface area contributed by atoms with Crippen LogP contribution >= 0.6 is 0 Å². The summed E-state index contributed by atoms with van der Waals surface area (Å²) in [5.74, 6) is 0.0993. The van der Waals surface area contributed by atoms with Crippen LogP contribution in [0.15, 0.2) is 18.5 Å². The Hall–Kier alpha value is -1.40. The van der Waals surface area contributed by atoms with Gasteiger partial charge in [0.1, 0.15) is 6.04 Å². The van der Waals surface area contributed by atoms with Crippen LogP contribution in [0.2, 0.25) is 0 Å². The predicted octanol–water partition coefficient (Wildman–Crippen LogP) is -0.455. The van der Waals surface area contributed by atoms with Crippen LogP contribution in [0.5, 0.6) is 0 Å². The van der Waals surface area contributed by atoms with Crippen molar-refractivity contribution >= 4 is 5.91 Å². The largest absolute Gasteiger partial charge is 0.334 e. The summed E-state index contributed by atoms with van der Waals surface area (Å²) in [6, 6.07) is 1.67. The number of rotatable bonds is 3. The summed E-state index contributed by atoms with van der Waals surface area (Å²) < 4.78 is 1.69. The second kappa shape index (κ2) is 5.49.